The van der Waals surface area contributed by atoms with Crippen LogP contribution in [0.1, 0.15) is 15.9 Å². The van der Waals surface area contributed by atoms with E-state index in [4.69, 9.17) is 9.47 Å². The van der Waals surface area contributed by atoms with Gasteiger partial charge in [-0.2, -0.15) is 0 Å². The minimum absolute atomic E-state index is 0.131. The molecule has 0 aliphatic rings. The van der Waals surface area contributed by atoms with E-state index in [0.717, 1.165) is 5.56 Å². The Morgan fingerprint density at radius 1 is 0.952 bits per heavy atom. The quantitative estimate of drug-likeness (QED) is 0.847. The van der Waals surface area contributed by atoms with Gasteiger partial charge in [-0.05, 0) is 17.7 Å². The molecule has 0 aliphatic carbocycles. The van der Waals surface area contributed by atoms with Crippen molar-refractivity contribution in [1.29, 1.82) is 0 Å². The molecule has 2 aromatic rings. The lowest BCUT2D eigenvalue weighted by Gasteiger charge is -2.20. The van der Waals surface area contributed by atoms with Crippen molar-refractivity contribution in [3.05, 3.63) is 59.7 Å². The van der Waals surface area contributed by atoms with Crippen LogP contribution in [0.3, 0.4) is 0 Å². The molecule has 0 unspecified atom stereocenters. The van der Waals surface area contributed by atoms with Gasteiger partial charge in [0.15, 0.2) is 0 Å². The average molecular weight is 285 g/mol. The second-order valence-electron chi connectivity index (χ2n) is 4.68. The van der Waals surface area contributed by atoms with Gasteiger partial charge in [-0.25, -0.2) is 0 Å². The van der Waals surface area contributed by atoms with Crippen LogP contribution in [0.2, 0.25) is 0 Å². The highest BCUT2D eigenvalue weighted by Gasteiger charge is 2.21. The molecular formula is C17H19NO3. The first-order valence-electron chi connectivity index (χ1n) is 6.67. The topological polar surface area (TPSA) is 38.8 Å². The zero-order valence-corrected chi connectivity index (χ0v) is 12.5. The van der Waals surface area contributed by atoms with E-state index >= 15 is 0 Å². The van der Waals surface area contributed by atoms with E-state index in [1.165, 1.54) is 0 Å². The number of carbonyl (C=O) groups excluding carboxylic acids is 1. The third-order valence-electron chi connectivity index (χ3n) is 3.25. The molecule has 0 saturated heterocycles. The van der Waals surface area contributed by atoms with Gasteiger partial charge in [-0.1, -0.05) is 36.4 Å². The SMILES string of the molecule is COc1cccc(OC)c1C(=O)N(C)Cc1ccccc1. The van der Waals surface area contributed by atoms with Gasteiger partial charge < -0.3 is 14.4 Å². The highest BCUT2D eigenvalue weighted by atomic mass is 16.5. The minimum Gasteiger partial charge on any atom is -0.496 e. The van der Waals surface area contributed by atoms with E-state index in [0.29, 0.717) is 23.6 Å². The normalized spacial score (nSPS) is 10.0. The molecule has 0 bridgehead atoms. The average Bonchev–Trinajstić information content (AvgIpc) is 2.54. The summed E-state index contributed by atoms with van der Waals surface area (Å²) < 4.78 is 10.6. The van der Waals surface area contributed by atoms with Crippen molar-refractivity contribution < 1.29 is 14.3 Å². The fourth-order valence-electron chi connectivity index (χ4n) is 2.18. The molecule has 0 spiro atoms. The predicted molar refractivity (Wildman–Crippen MR) is 81.8 cm³/mol. The van der Waals surface area contributed by atoms with Crippen LogP contribution in [0.5, 0.6) is 11.5 Å². The van der Waals surface area contributed by atoms with Crippen molar-refractivity contribution in [2.24, 2.45) is 0 Å². The Balaban J connectivity index is 2.27. The molecule has 0 aromatic heterocycles. The smallest absolute Gasteiger partial charge is 0.261 e. The van der Waals surface area contributed by atoms with Crippen LogP contribution < -0.4 is 9.47 Å². The van der Waals surface area contributed by atoms with Crippen molar-refractivity contribution in [3.63, 3.8) is 0 Å². The summed E-state index contributed by atoms with van der Waals surface area (Å²) in [5.74, 6) is 0.895. The number of rotatable bonds is 5. The summed E-state index contributed by atoms with van der Waals surface area (Å²) >= 11 is 0. The van der Waals surface area contributed by atoms with Crippen molar-refractivity contribution in [2.45, 2.75) is 6.54 Å². The number of hydrogen-bond acceptors (Lipinski definition) is 3. The molecule has 2 aromatic carbocycles. The third kappa shape index (κ3) is 3.34. The number of benzene rings is 2. The molecule has 4 heteroatoms. The Labute approximate surface area is 124 Å². The molecule has 4 nitrogen and oxygen atoms in total. The van der Waals surface area contributed by atoms with Crippen LogP contribution in [-0.2, 0) is 6.54 Å². The maximum Gasteiger partial charge on any atom is 0.261 e. The van der Waals surface area contributed by atoms with Gasteiger partial charge in [0.05, 0.1) is 14.2 Å². The molecule has 0 saturated carbocycles. The van der Waals surface area contributed by atoms with Crippen LogP contribution in [0.4, 0.5) is 0 Å². The molecule has 21 heavy (non-hydrogen) atoms. The summed E-state index contributed by atoms with van der Waals surface area (Å²) in [6.45, 7) is 0.529. The first-order chi connectivity index (χ1) is 10.2. The molecule has 2 rings (SSSR count). The number of hydrogen-bond donors (Lipinski definition) is 0. The fourth-order valence-corrected chi connectivity index (χ4v) is 2.18. The lowest BCUT2D eigenvalue weighted by Crippen LogP contribution is -2.27. The Morgan fingerprint density at radius 3 is 2.05 bits per heavy atom. The van der Waals surface area contributed by atoms with Gasteiger partial charge in [-0.3, -0.25) is 4.79 Å². The van der Waals surface area contributed by atoms with Crippen LogP contribution in [0, 0.1) is 0 Å². The van der Waals surface area contributed by atoms with Crippen molar-refractivity contribution in [3.8, 4) is 11.5 Å². The van der Waals surface area contributed by atoms with E-state index in [9.17, 15) is 4.79 Å². The lowest BCUT2D eigenvalue weighted by molar-refractivity contribution is 0.0778. The predicted octanol–water partition coefficient (Wildman–Crippen LogP) is 2.98. The Kier molecular flexibility index (Phi) is 4.82. The molecule has 0 radical (unpaired) electrons. The van der Waals surface area contributed by atoms with E-state index in [-0.39, 0.29) is 5.91 Å². The van der Waals surface area contributed by atoms with Crippen molar-refractivity contribution in [2.75, 3.05) is 21.3 Å². The van der Waals surface area contributed by atoms with Gasteiger partial charge in [0.1, 0.15) is 17.1 Å². The third-order valence-corrected chi connectivity index (χ3v) is 3.25. The Hall–Kier alpha value is -2.49. The summed E-state index contributed by atoms with van der Waals surface area (Å²) in [4.78, 5) is 14.3. The summed E-state index contributed by atoms with van der Waals surface area (Å²) in [5, 5.41) is 0. The van der Waals surface area contributed by atoms with Gasteiger partial charge in [0, 0.05) is 13.6 Å². The van der Waals surface area contributed by atoms with Gasteiger partial charge >= 0.3 is 0 Å². The van der Waals surface area contributed by atoms with Crippen LogP contribution in [0.15, 0.2) is 48.5 Å². The lowest BCUT2D eigenvalue weighted by atomic mass is 10.1. The molecule has 0 atom stereocenters. The Bertz CT molecular complexity index is 588. The Morgan fingerprint density at radius 2 is 1.52 bits per heavy atom. The molecular weight excluding hydrogens is 266 g/mol. The summed E-state index contributed by atoms with van der Waals surface area (Å²) in [7, 11) is 4.85. The van der Waals surface area contributed by atoms with Crippen LogP contribution in [0.25, 0.3) is 0 Å². The maximum absolute atomic E-state index is 12.7. The zero-order valence-electron chi connectivity index (χ0n) is 12.5. The van der Waals surface area contributed by atoms with Crippen molar-refractivity contribution >= 4 is 5.91 Å². The number of ether oxygens (including phenoxy) is 2. The zero-order chi connectivity index (χ0) is 15.2. The molecule has 0 aliphatic heterocycles. The maximum atomic E-state index is 12.7. The number of carbonyl (C=O) groups is 1. The van der Waals surface area contributed by atoms with E-state index < -0.39 is 0 Å². The van der Waals surface area contributed by atoms with E-state index in [2.05, 4.69) is 0 Å². The van der Waals surface area contributed by atoms with Gasteiger partial charge in [0.2, 0.25) is 0 Å². The largest absolute Gasteiger partial charge is 0.496 e. The highest BCUT2D eigenvalue weighted by molar-refractivity contribution is 5.99. The number of nitrogens with zero attached hydrogens (tertiary/aromatic N) is 1. The van der Waals surface area contributed by atoms with Crippen molar-refractivity contribution in [1.82, 2.24) is 4.90 Å². The molecule has 0 N–H and O–H groups in total. The molecule has 110 valence electrons. The minimum atomic E-state index is -0.131. The van der Waals surface area contributed by atoms with Gasteiger partial charge in [-0.15, -0.1) is 0 Å². The van der Waals surface area contributed by atoms with Gasteiger partial charge in [0.25, 0.3) is 5.91 Å². The van der Waals surface area contributed by atoms with E-state index in [1.54, 1.807) is 44.4 Å². The first-order valence-corrected chi connectivity index (χ1v) is 6.67. The number of methoxy groups -OCH3 is 2. The highest BCUT2D eigenvalue weighted by Crippen LogP contribution is 2.29. The van der Waals surface area contributed by atoms with E-state index in [1.807, 2.05) is 30.3 Å². The van der Waals surface area contributed by atoms with Crippen LogP contribution in [-0.4, -0.2) is 32.1 Å². The summed E-state index contributed by atoms with van der Waals surface area (Å²) in [5.41, 5.74) is 1.52. The second kappa shape index (κ2) is 6.79. The van der Waals surface area contributed by atoms with Crippen LogP contribution >= 0.6 is 0 Å². The molecule has 0 heterocycles. The fraction of sp³-hybridized carbons (Fsp3) is 0.235. The summed E-state index contributed by atoms with van der Waals surface area (Å²) in [6.07, 6.45) is 0. The summed E-state index contributed by atoms with van der Waals surface area (Å²) in [6, 6.07) is 15.2. The second-order valence-corrected chi connectivity index (χ2v) is 4.68. The standard InChI is InChI=1S/C17H19NO3/c1-18(12-13-8-5-4-6-9-13)17(19)16-14(20-2)10-7-11-15(16)21-3/h4-11H,12H2,1-3H3. The number of amides is 1. The monoisotopic (exact) mass is 285 g/mol. The molecule has 1 amide bonds. The first kappa shape index (κ1) is 14.9. The molecule has 0 fully saturated rings.